The van der Waals surface area contributed by atoms with Crippen molar-refractivity contribution in [2.24, 2.45) is 0 Å². The highest BCUT2D eigenvalue weighted by Gasteiger charge is 2.12. The van der Waals surface area contributed by atoms with E-state index in [0.717, 1.165) is 12.8 Å². The third kappa shape index (κ3) is 13.6. The molecule has 0 aromatic carbocycles. The molecule has 0 spiro atoms. The Morgan fingerprint density at radius 3 is 2.00 bits per heavy atom. The van der Waals surface area contributed by atoms with Gasteiger partial charge in [-0.05, 0) is 6.42 Å². The summed E-state index contributed by atoms with van der Waals surface area (Å²) in [7, 11) is 0. The Labute approximate surface area is 128 Å². The van der Waals surface area contributed by atoms with Gasteiger partial charge in [0.15, 0.2) is 6.10 Å². The molecule has 0 aromatic rings. The van der Waals surface area contributed by atoms with Crippen LogP contribution < -0.4 is 5.32 Å². The second kappa shape index (κ2) is 13.9. The largest absolute Gasteiger partial charge is 0.479 e. The number of amides is 1. The van der Waals surface area contributed by atoms with E-state index < -0.39 is 12.1 Å². The van der Waals surface area contributed by atoms with Crippen molar-refractivity contribution in [1.82, 2.24) is 5.32 Å². The molecule has 0 saturated heterocycles. The molecule has 0 rings (SSSR count). The van der Waals surface area contributed by atoms with Crippen LogP contribution in [0.1, 0.15) is 77.6 Å². The molecule has 1 atom stereocenters. The highest BCUT2D eigenvalue weighted by atomic mass is 16.4. The number of aliphatic carboxylic acids is 1. The van der Waals surface area contributed by atoms with Gasteiger partial charge in [-0.3, -0.25) is 4.79 Å². The van der Waals surface area contributed by atoms with Crippen LogP contribution in [0.5, 0.6) is 0 Å². The zero-order chi connectivity index (χ0) is 15.9. The molecular weight excluding hydrogens is 270 g/mol. The summed E-state index contributed by atoms with van der Waals surface area (Å²) in [5.74, 6) is -1.31. The number of hydrogen-bond acceptors (Lipinski definition) is 3. The van der Waals surface area contributed by atoms with Crippen molar-refractivity contribution in [3.63, 3.8) is 0 Å². The van der Waals surface area contributed by atoms with Crippen LogP contribution in [-0.4, -0.2) is 34.7 Å². The van der Waals surface area contributed by atoms with E-state index in [-0.39, 0.29) is 18.9 Å². The molecule has 0 radical (unpaired) electrons. The van der Waals surface area contributed by atoms with Crippen LogP contribution in [0.3, 0.4) is 0 Å². The van der Waals surface area contributed by atoms with Gasteiger partial charge in [0, 0.05) is 19.4 Å². The molecule has 0 bridgehead atoms. The fraction of sp³-hybridized carbons (Fsp3) is 0.875. The number of carbonyl (C=O) groups excluding carboxylic acids is 1. The van der Waals surface area contributed by atoms with Crippen LogP contribution in [-0.2, 0) is 9.59 Å². The van der Waals surface area contributed by atoms with Crippen LogP contribution in [0.2, 0.25) is 0 Å². The number of aliphatic hydroxyl groups excluding tert-OH is 1. The van der Waals surface area contributed by atoms with Crippen LogP contribution in [0, 0.1) is 0 Å². The molecule has 0 fully saturated rings. The van der Waals surface area contributed by atoms with Crippen molar-refractivity contribution in [2.45, 2.75) is 83.7 Å². The Bertz CT molecular complexity index is 281. The van der Waals surface area contributed by atoms with Crippen molar-refractivity contribution in [3.05, 3.63) is 0 Å². The standard InChI is InChI=1S/C16H31NO4/c1-2-3-4-5-6-7-8-9-10-11-15(19)17-13-12-14(18)16(20)21/h14,18H,2-13H2,1H3,(H,17,19)(H,20,21)/t14-/m0/s1. The number of aliphatic hydroxyl groups is 1. The molecule has 0 aliphatic heterocycles. The fourth-order valence-electron chi connectivity index (χ4n) is 2.16. The van der Waals surface area contributed by atoms with Crippen molar-refractivity contribution >= 4 is 11.9 Å². The van der Waals surface area contributed by atoms with Gasteiger partial charge in [-0.2, -0.15) is 0 Å². The quantitative estimate of drug-likeness (QED) is 0.431. The fourth-order valence-corrected chi connectivity index (χ4v) is 2.16. The number of carboxylic acids is 1. The maximum absolute atomic E-state index is 11.5. The second-order valence-electron chi connectivity index (χ2n) is 5.57. The molecule has 21 heavy (non-hydrogen) atoms. The minimum atomic E-state index is -1.39. The van der Waals surface area contributed by atoms with Crippen molar-refractivity contribution in [3.8, 4) is 0 Å². The lowest BCUT2D eigenvalue weighted by Crippen LogP contribution is -2.29. The molecule has 1 amide bonds. The highest BCUT2D eigenvalue weighted by Crippen LogP contribution is 2.10. The van der Waals surface area contributed by atoms with Crippen LogP contribution in [0.25, 0.3) is 0 Å². The first kappa shape index (κ1) is 19.9. The van der Waals surface area contributed by atoms with Crippen molar-refractivity contribution in [1.29, 1.82) is 0 Å². The van der Waals surface area contributed by atoms with Crippen LogP contribution in [0.15, 0.2) is 0 Å². The smallest absolute Gasteiger partial charge is 0.332 e. The van der Waals surface area contributed by atoms with E-state index >= 15 is 0 Å². The lowest BCUT2D eigenvalue weighted by atomic mass is 10.1. The van der Waals surface area contributed by atoms with Gasteiger partial charge in [0.25, 0.3) is 0 Å². The van der Waals surface area contributed by atoms with Crippen molar-refractivity contribution < 1.29 is 19.8 Å². The summed E-state index contributed by atoms with van der Waals surface area (Å²) < 4.78 is 0. The van der Waals surface area contributed by atoms with E-state index in [1.165, 1.54) is 44.9 Å². The van der Waals surface area contributed by atoms with Crippen LogP contribution in [0.4, 0.5) is 0 Å². The van der Waals surface area contributed by atoms with E-state index in [4.69, 9.17) is 10.2 Å². The third-order valence-electron chi connectivity index (χ3n) is 3.53. The molecule has 0 aliphatic carbocycles. The topological polar surface area (TPSA) is 86.6 Å². The molecule has 3 N–H and O–H groups in total. The van der Waals surface area contributed by atoms with Gasteiger partial charge in [0.2, 0.25) is 5.91 Å². The van der Waals surface area contributed by atoms with Gasteiger partial charge >= 0.3 is 5.97 Å². The van der Waals surface area contributed by atoms with Gasteiger partial charge in [-0.25, -0.2) is 4.79 Å². The molecule has 5 nitrogen and oxygen atoms in total. The normalized spacial score (nSPS) is 12.1. The SMILES string of the molecule is CCCCCCCCCCCC(=O)NCC[C@H](O)C(=O)O. The molecule has 0 unspecified atom stereocenters. The monoisotopic (exact) mass is 301 g/mol. The molecule has 0 aromatic heterocycles. The zero-order valence-electron chi connectivity index (χ0n) is 13.3. The number of carbonyl (C=O) groups is 2. The molecule has 5 heteroatoms. The zero-order valence-corrected chi connectivity index (χ0v) is 13.3. The molecule has 0 heterocycles. The first-order chi connectivity index (χ1) is 10.1. The number of hydrogen-bond donors (Lipinski definition) is 3. The molecule has 0 saturated carbocycles. The number of unbranched alkanes of at least 4 members (excludes halogenated alkanes) is 8. The summed E-state index contributed by atoms with van der Waals surface area (Å²) in [5, 5.41) is 20.1. The van der Waals surface area contributed by atoms with Gasteiger partial charge in [0.05, 0.1) is 0 Å². The summed E-state index contributed by atoms with van der Waals surface area (Å²) in [4.78, 5) is 21.8. The second-order valence-corrected chi connectivity index (χ2v) is 5.57. The van der Waals surface area contributed by atoms with Gasteiger partial charge in [0.1, 0.15) is 0 Å². The van der Waals surface area contributed by atoms with E-state index in [0.29, 0.717) is 6.42 Å². The van der Waals surface area contributed by atoms with E-state index in [2.05, 4.69) is 12.2 Å². The maximum Gasteiger partial charge on any atom is 0.332 e. The van der Waals surface area contributed by atoms with Gasteiger partial charge in [-0.15, -0.1) is 0 Å². The molecule has 124 valence electrons. The van der Waals surface area contributed by atoms with E-state index in [1.54, 1.807) is 0 Å². The third-order valence-corrected chi connectivity index (χ3v) is 3.53. The minimum Gasteiger partial charge on any atom is -0.479 e. The number of carboxylic acid groups (broad SMARTS) is 1. The Morgan fingerprint density at radius 1 is 0.952 bits per heavy atom. The number of nitrogens with one attached hydrogen (secondary N) is 1. The summed E-state index contributed by atoms with van der Waals surface area (Å²) in [6.07, 6.45) is 10.1. The first-order valence-corrected chi connectivity index (χ1v) is 8.25. The summed E-state index contributed by atoms with van der Waals surface area (Å²) in [6, 6.07) is 0. The predicted molar refractivity (Wildman–Crippen MR) is 83.1 cm³/mol. The maximum atomic E-state index is 11.5. The molecule has 0 aliphatic rings. The average molecular weight is 301 g/mol. The molecular formula is C16H31NO4. The van der Waals surface area contributed by atoms with E-state index in [1.807, 2.05) is 0 Å². The lowest BCUT2D eigenvalue weighted by Gasteiger charge is -2.07. The van der Waals surface area contributed by atoms with Crippen molar-refractivity contribution in [2.75, 3.05) is 6.54 Å². The predicted octanol–water partition coefficient (Wildman–Crippen LogP) is 2.86. The van der Waals surface area contributed by atoms with Crippen LogP contribution >= 0.6 is 0 Å². The highest BCUT2D eigenvalue weighted by molar-refractivity contribution is 5.76. The number of rotatable bonds is 14. The average Bonchev–Trinajstić information content (AvgIpc) is 2.45. The van der Waals surface area contributed by atoms with Gasteiger partial charge < -0.3 is 15.5 Å². The Hall–Kier alpha value is -1.10. The van der Waals surface area contributed by atoms with E-state index in [9.17, 15) is 9.59 Å². The summed E-state index contributed by atoms with van der Waals surface area (Å²) in [6.45, 7) is 2.43. The Kier molecular flexibility index (Phi) is 13.1. The lowest BCUT2D eigenvalue weighted by molar-refractivity contribution is -0.147. The minimum absolute atomic E-state index is 0.0544. The van der Waals surface area contributed by atoms with Gasteiger partial charge in [-0.1, -0.05) is 58.3 Å². The summed E-state index contributed by atoms with van der Waals surface area (Å²) >= 11 is 0. The first-order valence-electron chi connectivity index (χ1n) is 8.25. The Morgan fingerprint density at radius 2 is 1.48 bits per heavy atom. The summed E-state index contributed by atoms with van der Waals surface area (Å²) in [5.41, 5.74) is 0. The Balaban J connectivity index is 3.28.